The fourth-order valence-electron chi connectivity index (χ4n) is 2.96. The minimum atomic E-state index is -0.195. The quantitative estimate of drug-likeness (QED) is 0.884. The number of anilines is 1. The van der Waals surface area contributed by atoms with Crippen molar-refractivity contribution in [3.8, 4) is 0 Å². The van der Waals surface area contributed by atoms with Gasteiger partial charge in [0.15, 0.2) is 0 Å². The van der Waals surface area contributed by atoms with Crippen LogP contribution in [0.4, 0.5) is 5.69 Å². The van der Waals surface area contributed by atoms with Crippen molar-refractivity contribution >= 4 is 11.6 Å². The summed E-state index contributed by atoms with van der Waals surface area (Å²) >= 11 is 0. The van der Waals surface area contributed by atoms with Gasteiger partial charge in [0.25, 0.3) is 0 Å². The lowest BCUT2D eigenvalue weighted by Crippen LogP contribution is -2.46. The smallest absolute Gasteiger partial charge is 0.222 e. The molecule has 4 N–H and O–H groups in total. The number of nitrogens with two attached hydrogens (primary N) is 2. The molecule has 0 spiro atoms. The van der Waals surface area contributed by atoms with Crippen LogP contribution in [0.25, 0.3) is 0 Å². The summed E-state index contributed by atoms with van der Waals surface area (Å²) in [6, 6.07) is 8.69. The third kappa shape index (κ3) is 2.96. The molecule has 1 saturated heterocycles. The number of carbonyl (C=O) groups excluding carboxylic acids is 1. The van der Waals surface area contributed by atoms with Crippen LogP contribution in [-0.4, -0.2) is 18.5 Å². The molecular weight excluding hydrogens is 250 g/mol. The Morgan fingerprint density at radius 1 is 1.40 bits per heavy atom. The van der Waals surface area contributed by atoms with Crippen molar-refractivity contribution in [1.29, 1.82) is 0 Å². The van der Waals surface area contributed by atoms with Crippen molar-refractivity contribution < 1.29 is 4.79 Å². The number of benzene rings is 1. The Hall–Kier alpha value is -1.55. The van der Waals surface area contributed by atoms with Gasteiger partial charge in [-0.2, -0.15) is 0 Å². The molecule has 2 unspecified atom stereocenters. The van der Waals surface area contributed by atoms with Crippen molar-refractivity contribution in [3.05, 3.63) is 29.8 Å². The van der Waals surface area contributed by atoms with Crippen LogP contribution in [0.3, 0.4) is 0 Å². The highest BCUT2D eigenvalue weighted by molar-refractivity contribution is 5.78. The van der Waals surface area contributed by atoms with Gasteiger partial charge < -0.3 is 16.4 Å². The molecule has 4 nitrogen and oxygen atoms in total. The van der Waals surface area contributed by atoms with E-state index in [1.807, 2.05) is 12.1 Å². The SMILES string of the molecule is CC[C@H](N)c1ccccc1N1CC(C(N)=O)CCC1C. The van der Waals surface area contributed by atoms with E-state index in [9.17, 15) is 4.79 Å². The molecule has 0 saturated carbocycles. The van der Waals surface area contributed by atoms with Crippen LogP contribution in [0.5, 0.6) is 0 Å². The highest BCUT2D eigenvalue weighted by Gasteiger charge is 2.30. The summed E-state index contributed by atoms with van der Waals surface area (Å²) in [4.78, 5) is 13.8. The summed E-state index contributed by atoms with van der Waals surface area (Å²) < 4.78 is 0. The van der Waals surface area contributed by atoms with E-state index >= 15 is 0 Å². The number of amides is 1. The zero-order valence-corrected chi connectivity index (χ0v) is 12.4. The van der Waals surface area contributed by atoms with E-state index in [1.54, 1.807) is 0 Å². The Morgan fingerprint density at radius 2 is 2.10 bits per heavy atom. The molecule has 1 aromatic carbocycles. The van der Waals surface area contributed by atoms with Gasteiger partial charge >= 0.3 is 0 Å². The lowest BCUT2D eigenvalue weighted by atomic mass is 9.91. The van der Waals surface area contributed by atoms with Crippen molar-refractivity contribution in [1.82, 2.24) is 0 Å². The second kappa shape index (κ2) is 6.27. The predicted octanol–water partition coefficient (Wildman–Crippen LogP) is 2.19. The Labute approximate surface area is 121 Å². The summed E-state index contributed by atoms with van der Waals surface area (Å²) in [6.45, 7) is 4.99. The average molecular weight is 275 g/mol. The minimum absolute atomic E-state index is 0.0346. The maximum atomic E-state index is 11.5. The fourth-order valence-corrected chi connectivity index (χ4v) is 2.96. The number of carbonyl (C=O) groups is 1. The number of nitrogens with zero attached hydrogens (tertiary/aromatic N) is 1. The van der Waals surface area contributed by atoms with Crippen LogP contribution >= 0.6 is 0 Å². The number of hydrogen-bond acceptors (Lipinski definition) is 3. The van der Waals surface area contributed by atoms with Crippen LogP contribution in [0.2, 0.25) is 0 Å². The summed E-state index contributed by atoms with van der Waals surface area (Å²) in [5, 5.41) is 0. The molecule has 1 aromatic rings. The molecule has 0 bridgehead atoms. The van der Waals surface area contributed by atoms with Crippen LogP contribution < -0.4 is 16.4 Å². The molecule has 1 aliphatic rings. The first-order valence-corrected chi connectivity index (χ1v) is 7.45. The van der Waals surface area contributed by atoms with E-state index in [1.165, 1.54) is 0 Å². The van der Waals surface area contributed by atoms with Crippen LogP contribution in [-0.2, 0) is 4.79 Å². The first-order chi connectivity index (χ1) is 9.54. The van der Waals surface area contributed by atoms with Crippen molar-refractivity contribution in [2.24, 2.45) is 17.4 Å². The first kappa shape index (κ1) is 14.9. The van der Waals surface area contributed by atoms with Gasteiger partial charge in [-0.15, -0.1) is 0 Å². The first-order valence-electron chi connectivity index (χ1n) is 7.45. The summed E-state index contributed by atoms with van der Waals surface area (Å²) in [7, 11) is 0. The highest BCUT2D eigenvalue weighted by Crippen LogP contribution is 2.33. The molecule has 1 fully saturated rings. The van der Waals surface area contributed by atoms with E-state index < -0.39 is 0 Å². The van der Waals surface area contributed by atoms with E-state index in [0.717, 1.165) is 30.5 Å². The number of rotatable bonds is 4. The van der Waals surface area contributed by atoms with Gasteiger partial charge in [0.2, 0.25) is 5.91 Å². The topological polar surface area (TPSA) is 72.3 Å². The fraction of sp³-hybridized carbons (Fsp3) is 0.562. The van der Waals surface area contributed by atoms with Crippen molar-refractivity contribution in [3.63, 3.8) is 0 Å². The van der Waals surface area contributed by atoms with E-state index in [-0.39, 0.29) is 17.9 Å². The lowest BCUT2D eigenvalue weighted by Gasteiger charge is -2.40. The standard InChI is InChI=1S/C16H25N3O/c1-3-14(17)13-6-4-5-7-15(13)19-10-12(16(18)20)9-8-11(19)2/h4-7,11-12,14H,3,8-10,17H2,1-2H3,(H2,18,20)/t11?,12?,14-/m0/s1. The average Bonchev–Trinajstić information content (AvgIpc) is 2.46. The second-order valence-electron chi connectivity index (χ2n) is 5.75. The number of hydrogen-bond donors (Lipinski definition) is 2. The molecule has 2 rings (SSSR count). The van der Waals surface area contributed by atoms with Crippen molar-refractivity contribution in [2.75, 3.05) is 11.4 Å². The number of para-hydroxylation sites is 1. The second-order valence-corrected chi connectivity index (χ2v) is 5.75. The molecule has 3 atom stereocenters. The van der Waals surface area contributed by atoms with Gasteiger partial charge in [-0.25, -0.2) is 0 Å². The van der Waals surface area contributed by atoms with Crippen LogP contribution in [0.15, 0.2) is 24.3 Å². The van der Waals surface area contributed by atoms with Crippen LogP contribution in [0.1, 0.15) is 44.7 Å². The Kier molecular flexibility index (Phi) is 4.65. The largest absolute Gasteiger partial charge is 0.369 e. The third-order valence-corrected chi connectivity index (χ3v) is 4.37. The monoisotopic (exact) mass is 275 g/mol. The van der Waals surface area contributed by atoms with E-state index in [0.29, 0.717) is 12.6 Å². The number of piperidine rings is 1. The van der Waals surface area contributed by atoms with Gasteiger partial charge in [-0.05, 0) is 37.8 Å². The van der Waals surface area contributed by atoms with Gasteiger partial charge in [-0.1, -0.05) is 25.1 Å². The van der Waals surface area contributed by atoms with Crippen LogP contribution in [0, 0.1) is 5.92 Å². The molecule has 20 heavy (non-hydrogen) atoms. The molecule has 110 valence electrons. The maximum Gasteiger partial charge on any atom is 0.222 e. The molecule has 1 amide bonds. The lowest BCUT2D eigenvalue weighted by molar-refractivity contribution is -0.122. The minimum Gasteiger partial charge on any atom is -0.369 e. The Morgan fingerprint density at radius 3 is 2.75 bits per heavy atom. The summed E-state index contributed by atoms with van der Waals surface area (Å²) in [6.07, 6.45) is 2.77. The van der Waals surface area contributed by atoms with Crippen molar-refractivity contribution in [2.45, 2.75) is 45.2 Å². The van der Waals surface area contributed by atoms with Gasteiger partial charge in [0.1, 0.15) is 0 Å². The Bertz CT molecular complexity index is 475. The zero-order valence-electron chi connectivity index (χ0n) is 12.4. The van der Waals surface area contributed by atoms with Gasteiger partial charge in [-0.3, -0.25) is 4.79 Å². The molecule has 1 heterocycles. The Balaban J connectivity index is 2.31. The summed E-state index contributed by atoms with van der Waals surface area (Å²) in [5.41, 5.74) is 14.0. The zero-order chi connectivity index (χ0) is 14.7. The predicted molar refractivity (Wildman–Crippen MR) is 82.4 cm³/mol. The molecule has 4 heteroatoms. The normalized spacial score (nSPS) is 24.4. The maximum absolute atomic E-state index is 11.5. The molecule has 0 aliphatic carbocycles. The van der Waals surface area contributed by atoms with Gasteiger partial charge in [0, 0.05) is 24.3 Å². The summed E-state index contributed by atoms with van der Waals surface area (Å²) in [5.74, 6) is -0.253. The highest BCUT2D eigenvalue weighted by atomic mass is 16.1. The molecule has 0 radical (unpaired) electrons. The number of primary amides is 1. The molecule has 1 aliphatic heterocycles. The molecular formula is C16H25N3O. The van der Waals surface area contributed by atoms with Gasteiger partial charge in [0.05, 0.1) is 5.92 Å². The molecule has 0 aromatic heterocycles. The van der Waals surface area contributed by atoms with E-state index in [4.69, 9.17) is 11.5 Å². The van der Waals surface area contributed by atoms with E-state index in [2.05, 4.69) is 30.9 Å². The third-order valence-electron chi connectivity index (χ3n) is 4.37.